The average molecular weight is 429 g/mol. The van der Waals surface area contributed by atoms with Gasteiger partial charge >= 0.3 is 0 Å². The van der Waals surface area contributed by atoms with Gasteiger partial charge in [-0.05, 0) is 35.2 Å². The fraction of sp³-hybridized carbons (Fsp3) is 0.458. The van der Waals surface area contributed by atoms with E-state index in [0.717, 1.165) is 11.1 Å². The van der Waals surface area contributed by atoms with Gasteiger partial charge in [0.1, 0.15) is 6.10 Å². The number of nitrogens with one attached hydrogen (secondary N) is 1. The largest absolute Gasteiger partial charge is 0.376 e. The SMILES string of the molecule is C[C@@H]1[C@H](C)[C@@H](CNC(N)=S)O[C@H](COCc2ccccc2)[C@H]1OCc1ccccc1. The molecule has 162 valence electrons. The quantitative estimate of drug-likeness (QED) is 0.594. The van der Waals surface area contributed by atoms with Gasteiger partial charge in [0.15, 0.2) is 5.11 Å². The number of rotatable bonds is 9. The molecule has 1 fully saturated rings. The van der Waals surface area contributed by atoms with E-state index in [1.807, 2.05) is 36.4 Å². The number of hydrogen-bond acceptors (Lipinski definition) is 4. The highest BCUT2D eigenvalue weighted by molar-refractivity contribution is 7.80. The molecule has 0 bridgehead atoms. The molecule has 0 aromatic heterocycles. The molecule has 3 rings (SSSR count). The number of benzene rings is 2. The molecule has 2 aromatic carbocycles. The van der Waals surface area contributed by atoms with E-state index in [0.29, 0.717) is 32.3 Å². The Bertz CT molecular complexity index is 775. The number of hydrogen-bond donors (Lipinski definition) is 2. The summed E-state index contributed by atoms with van der Waals surface area (Å²) in [5.41, 5.74) is 7.92. The van der Waals surface area contributed by atoms with Crippen molar-refractivity contribution in [3.05, 3.63) is 71.8 Å². The Hall–Kier alpha value is -1.99. The fourth-order valence-corrected chi connectivity index (χ4v) is 3.95. The van der Waals surface area contributed by atoms with Crippen molar-refractivity contribution in [1.29, 1.82) is 0 Å². The second-order valence-electron chi connectivity index (χ2n) is 7.94. The second kappa shape index (κ2) is 11.4. The molecule has 0 saturated carbocycles. The van der Waals surface area contributed by atoms with E-state index >= 15 is 0 Å². The van der Waals surface area contributed by atoms with Gasteiger partial charge in [0, 0.05) is 6.54 Å². The molecule has 30 heavy (non-hydrogen) atoms. The summed E-state index contributed by atoms with van der Waals surface area (Å²) in [5, 5.41) is 3.33. The average Bonchev–Trinajstić information content (AvgIpc) is 2.76. The monoisotopic (exact) mass is 428 g/mol. The summed E-state index contributed by atoms with van der Waals surface area (Å²) in [4.78, 5) is 0. The molecule has 5 nitrogen and oxygen atoms in total. The van der Waals surface area contributed by atoms with E-state index in [-0.39, 0.29) is 29.3 Å². The van der Waals surface area contributed by atoms with Crippen LogP contribution in [-0.2, 0) is 27.4 Å². The summed E-state index contributed by atoms with van der Waals surface area (Å²) in [6.07, 6.45) is -0.234. The van der Waals surface area contributed by atoms with Crippen molar-refractivity contribution >= 4 is 17.3 Å². The van der Waals surface area contributed by atoms with Crippen molar-refractivity contribution in [3.63, 3.8) is 0 Å². The molecule has 6 heteroatoms. The van der Waals surface area contributed by atoms with E-state index < -0.39 is 0 Å². The molecule has 2 aromatic rings. The van der Waals surface area contributed by atoms with Crippen LogP contribution in [0.2, 0.25) is 0 Å². The van der Waals surface area contributed by atoms with E-state index in [2.05, 4.69) is 43.4 Å². The van der Waals surface area contributed by atoms with Crippen molar-refractivity contribution in [2.45, 2.75) is 45.4 Å². The minimum absolute atomic E-state index is 0.0107. The first-order valence-corrected chi connectivity index (χ1v) is 10.9. The van der Waals surface area contributed by atoms with Crippen molar-refractivity contribution in [3.8, 4) is 0 Å². The predicted octanol–water partition coefficient (Wildman–Crippen LogP) is 3.66. The summed E-state index contributed by atoms with van der Waals surface area (Å²) < 4.78 is 18.8. The highest BCUT2D eigenvalue weighted by Crippen LogP contribution is 2.33. The van der Waals surface area contributed by atoms with Crippen LogP contribution in [0, 0.1) is 11.8 Å². The van der Waals surface area contributed by atoms with E-state index in [1.165, 1.54) is 0 Å². The van der Waals surface area contributed by atoms with Gasteiger partial charge in [-0.25, -0.2) is 0 Å². The van der Waals surface area contributed by atoms with Crippen LogP contribution in [0.3, 0.4) is 0 Å². The lowest BCUT2D eigenvalue weighted by atomic mass is 9.81. The molecule has 1 heterocycles. The number of nitrogens with two attached hydrogens (primary N) is 1. The van der Waals surface area contributed by atoms with Gasteiger partial charge in [-0.2, -0.15) is 0 Å². The van der Waals surface area contributed by atoms with Crippen LogP contribution < -0.4 is 11.1 Å². The maximum absolute atomic E-state index is 6.43. The van der Waals surface area contributed by atoms with E-state index in [4.69, 9.17) is 32.2 Å². The van der Waals surface area contributed by atoms with Gasteiger partial charge in [-0.15, -0.1) is 0 Å². The Morgan fingerprint density at radius 2 is 1.53 bits per heavy atom. The Morgan fingerprint density at radius 3 is 2.13 bits per heavy atom. The third-order valence-corrected chi connectivity index (χ3v) is 5.95. The zero-order valence-corrected chi connectivity index (χ0v) is 18.5. The van der Waals surface area contributed by atoms with Gasteiger partial charge in [0.2, 0.25) is 0 Å². The molecule has 1 aliphatic heterocycles. The molecule has 0 radical (unpaired) electrons. The van der Waals surface area contributed by atoms with Crippen LogP contribution in [0.5, 0.6) is 0 Å². The molecule has 0 spiro atoms. The summed E-state index contributed by atoms with van der Waals surface area (Å²) >= 11 is 4.97. The normalized spacial score (nSPS) is 26.3. The molecule has 0 unspecified atom stereocenters. The predicted molar refractivity (Wildman–Crippen MR) is 123 cm³/mol. The third kappa shape index (κ3) is 6.51. The second-order valence-corrected chi connectivity index (χ2v) is 8.38. The first-order chi connectivity index (χ1) is 14.5. The van der Waals surface area contributed by atoms with Crippen molar-refractivity contribution in [1.82, 2.24) is 5.32 Å². The zero-order chi connectivity index (χ0) is 21.3. The summed E-state index contributed by atoms with van der Waals surface area (Å²) in [7, 11) is 0. The topological polar surface area (TPSA) is 65.7 Å². The third-order valence-electron chi connectivity index (χ3n) is 5.81. The molecular weight excluding hydrogens is 396 g/mol. The molecule has 0 aliphatic carbocycles. The number of thiocarbonyl (C=S) groups is 1. The molecule has 1 aliphatic rings. The first kappa shape index (κ1) is 22.7. The molecule has 0 amide bonds. The Morgan fingerprint density at radius 1 is 0.933 bits per heavy atom. The van der Waals surface area contributed by atoms with Crippen LogP contribution >= 0.6 is 12.2 Å². The highest BCUT2D eigenvalue weighted by Gasteiger charge is 2.42. The molecule has 1 saturated heterocycles. The minimum atomic E-state index is -0.165. The summed E-state index contributed by atoms with van der Waals surface area (Å²) in [5.74, 6) is 0.587. The Labute approximate surface area is 184 Å². The standard InChI is InChI=1S/C24H32N2O3S/c1-17-18(2)23(28-15-20-11-7-4-8-12-20)22(29-21(17)13-26-24(25)30)16-27-14-19-9-5-3-6-10-19/h3-12,17-18,21-23H,13-16H2,1-2H3,(H3,25,26,30)/t17-,18+,21+,22+,23-/m0/s1. The van der Waals surface area contributed by atoms with Crippen LogP contribution in [0.15, 0.2) is 60.7 Å². The maximum Gasteiger partial charge on any atom is 0.163 e. The van der Waals surface area contributed by atoms with Crippen LogP contribution in [0.4, 0.5) is 0 Å². The van der Waals surface area contributed by atoms with Gasteiger partial charge in [-0.3, -0.25) is 0 Å². The van der Waals surface area contributed by atoms with Crippen LogP contribution in [0.25, 0.3) is 0 Å². The van der Waals surface area contributed by atoms with Gasteiger partial charge in [0.05, 0.1) is 32.0 Å². The molecule has 5 atom stereocenters. The first-order valence-electron chi connectivity index (χ1n) is 10.5. The fourth-order valence-electron chi connectivity index (χ4n) is 3.86. The molecular formula is C24H32N2O3S. The van der Waals surface area contributed by atoms with Crippen molar-refractivity contribution in [2.75, 3.05) is 13.2 Å². The van der Waals surface area contributed by atoms with Gasteiger partial charge < -0.3 is 25.3 Å². The van der Waals surface area contributed by atoms with Crippen molar-refractivity contribution in [2.24, 2.45) is 17.6 Å². The molecule has 3 N–H and O–H groups in total. The van der Waals surface area contributed by atoms with Crippen molar-refractivity contribution < 1.29 is 14.2 Å². The smallest absolute Gasteiger partial charge is 0.163 e. The van der Waals surface area contributed by atoms with E-state index in [1.54, 1.807) is 0 Å². The zero-order valence-electron chi connectivity index (χ0n) is 17.7. The van der Waals surface area contributed by atoms with Crippen LogP contribution in [-0.4, -0.2) is 36.6 Å². The lowest BCUT2D eigenvalue weighted by molar-refractivity contribution is -0.204. The number of ether oxygens (including phenoxy) is 3. The van der Waals surface area contributed by atoms with Gasteiger partial charge in [-0.1, -0.05) is 74.5 Å². The van der Waals surface area contributed by atoms with Crippen LogP contribution in [0.1, 0.15) is 25.0 Å². The summed E-state index contributed by atoms with van der Waals surface area (Å²) in [6, 6.07) is 20.4. The Balaban J connectivity index is 1.65. The van der Waals surface area contributed by atoms with Gasteiger partial charge in [0.25, 0.3) is 0 Å². The summed E-state index contributed by atoms with van der Waals surface area (Å²) in [6.45, 7) is 6.57. The maximum atomic E-state index is 6.43. The van der Waals surface area contributed by atoms with E-state index in [9.17, 15) is 0 Å². The lowest BCUT2D eigenvalue weighted by Gasteiger charge is -2.44. The Kier molecular flexibility index (Phi) is 8.63. The highest BCUT2D eigenvalue weighted by atomic mass is 32.1. The minimum Gasteiger partial charge on any atom is -0.376 e. The lowest BCUT2D eigenvalue weighted by Crippen LogP contribution is -2.55.